The zero-order valence-corrected chi connectivity index (χ0v) is 10.8. The van der Waals surface area contributed by atoms with Gasteiger partial charge in [0.15, 0.2) is 6.07 Å². The highest BCUT2D eigenvalue weighted by atomic mass is 35.5. The van der Waals surface area contributed by atoms with Crippen LogP contribution in [0.15, 0.2) is 0 Å². The Morgan fingerprint density at radius 2 is 1.94 bits per heavy atom. The van der Waals surface area contributed by atoms with Crippen molar-refractivity contribution < 1.29 is 19.1 Å². The quantitative estimate of drug-likeness (QED) is 0.613. The molecule has 0 bridgehead atoms. The molecule has 1 N–H and O–H groups in total. The van der Waals surface area contributed by atoms with Crippen molar-refractivity contribution in [2.75, 3.05) is 6.07 Å². The van der Waals surface area contributed by atoms with Crippen LogP contribution in [-0.4, -0.2) is 29.8 Å². The Kier molecular flexibility index (Phi) is 6.18. The number of hydrogen-bond donors (Lipinski definition) is 1. The summed E-state index contributed by atoms with van der Waals surface area (Å²) < 4.78 is 9.55. The molecule has 0 rings (SSSR count). The average molecular weight is 252 g/mol. The number of carbonyl (C=O) groups excluding carboxylic acids is 2. The maximum atomic E-state index is 11.3. The van der Waals surface area contributed by atoms with Crippen molar-refractivity contribution in [3.05, 3.63) is 0 Å². The Hall–Kier alpha value is -0.970. The first-order valence-electron chi connectivity index (χ1n) is 4.95. The van der Waals surface area contributed by atoms with Crippen molar-refractivity contribution in [1.82, 2.24) is 5.32 Å². The SMILES string of the molecule is C[C@@H](CC(=O)OCCl)NC(=O)OC(C)(C)C. The first-order valence-corrected chi connectivity index (χ1v) is 5.49. The van der Waals surface area contributed by atoms with Crippen LogP contribution < -0.4 is 5.32 Å². The Labute approximate surface area is 100 Å². The van der Waals surface area contributed by atoms with E-state index in [1.807, 2.05) is 0 Å². The largest absolute Gasteiger partial charge is 0.449 e. The number of alkyl halides is 1. The summed E-state index contributed by atoms with van der Waals surface area (Å²) in [6, 6.07) is -0.539. The normalized spacial score (nSPS) is 12.8. The molecule has 0 aromatic rings. The number of nitrogens with one attached hydrogen (secondary N) is 1. The summed E-state index contributed by atoms with van der Waals surface area (Å²) in [6.45, 7) is 6.97. The lowest BCUT2D eigenvalue weighted by Gasteiger charge is -2.21. The van der Waals surface area contributed by atoms with E-state index < -0.39 is 17.7 Å². The van der Waals surface area contributed by atoms with Crippen LogP contribution in [0.5, 0.6) is 0 Å². The molecule has 0 heterocycles. The average Bonchev–Trinajstić information content (AvgIpc) is 1.98. The molecule has 0 aromatic carbocycles. The first-order chi connectivity index (χ1) is 7.24. The molecule has 94 valence electrons. The molecule has 0 aliphatic carbocycles. The number of alkyl carbamates (subject to hydrolysis) is 1. The van der Waals surface area contributed by atoms with Gasteiger partial charge in [0.1, 0.15) is 5.60 Å². The molecular weight excluding hydrogens is 234 g/mol. The molecule has 0 spiro atoms. The van der Waals surface area contributed by atoms with Crippen molar-refractivity contribution in [2.24, 2.45) is 0 Å². The van der Waals surface area contributed by atoms with Crippen molar-refractivity contribution in [3.8, 4) is 0 Å². The maximum Gasteiger partial charge on any atom is 0.407 e. The van der Waals surface area contributed by atoms with Crippen LogP contribution in [0.3, 0.4) is 0 Å². The Morgan fingerprint density at radius 3 is 2.38 bits per heavy atom. The van der Waals surface area contributed by atoms with Crippen LogP contribution >= 0.6 is 11.6 Å². The van der Waals surface area contributed by atoms with Gasteiger partial charge in [-0.25, -0.2) is 4.79 Å². The summed E-state index contributed by atoms with van der Waals surface area (Å²) in [5.41, 5.74) is -0.555. The molecule has 0 fully saturated rings. The van der Waals surface area contributed by atoms with Crippen LogP contribution in [0.4, 0.5) is 4.79 Å². The second-order valence-corrected chi connectivity index (χ2v) is 4.60. The van der Waals surface area contributed by atoms with Gasteiger partial charge in [0, 0.05) is 6.04 Å². The number of rotatable bonds is 4. The molecule has 1 atom stereocenters. The highest BCUT2D eigenvalue weighted by Crippen LogP contribution is 2.07. The summed E-state index contributed by atoms with van der Waals surface area (Å²) in [5, 5.41) is 2.52. The highest BCUT2D eigenvalue weighted by Gasteiger charge is 2.19. The smallest absolute Gasteiger partial charge is 0.407 e. The summed E-state index contributed by atoms with van der Waals surface area (Å²) in [4.78, 5) is 22.3. The molecule has 1 amide bonds. The standard InChI is InChI=1S/C10H18ClNO4/c1-7(5-8(13)15-6-11)12-9(14)16-10(2,3)4/h7H,5-6H2,1-4H3,(H,12,14)/t7-/m0/s1. The molecule has 0 unspecified atom stereocenters. The van der Waals surface area contributed by atoms with E-state index in [2.05, 4.69) is 10.1 Å². The van der Waals surface area contributed by atoms with Gasteiger partial charge in [-0.2, -0.15) is 0 Å². The predicted octanol–water partition coefficient (Wildman–Crippen LogP) is 2.03. The van der Waals surface area contributed by atoms with E-state index in [-0.39, 0.29) is 18.5 Å². The molecule has 5 nitrogen and oxygen atoms in total. The minimum Gasteiger partial charge on any atom is -0.449 e. The van der Waals surface area contributed by atoms with E-state index in [9.17, 15) is 9.59 Å². The third-order valence-corrected chi connectivity index (χ3v) is 1.56. The Balaban J connectivity index is 3.91. The number of ether oxygens (including phenoxy) is 2. The fourth-order valence-corrected chi connectivity index (χ4v) is 1.05. The van der Waals surface area contributed by atoms with Gasteiger partial charge in [-0.15, -0.1) is 0 Å². The third-order valence-electron chi connectivity index (χ3n) is 1.45. The van der Waals surface area contributed by atoms with E-state index in [1.165, 1.54) is 0 Å². The zero-order valence-electron chi connectivity index (χ0n) is 10.0. The van der Waals surface area contributed by atoms with Crippen LogP contribution in [0.2, 0.25) is 0 Å². The lowest BCUT2D eigenvalue weighted by molar-refractivity contribution is -0.142. The van der Waals surface area contributed by atoms with E-state index in [1.54, 1.807) is 27.7 Å². The zero-order chi connectivity index (χ0) is 12.8. The highest BCUT2D eigenvalue weighted by molar-refractivity contribution is 6.17. The number of halogens is 1. The Morgan fingerprint density at radius 1 is 1.38 bits per heavy atom. The van der Waals surface area contributed by atoms with Crippen molar-refractivity contribution in [1.29, 1.82) is 0 Å². The molecule has 0 aliphatic heterocycles. The summed E-state index contributed by atoms with van der Waals surface area (Å²) in [6.07, 6.45) is -0.495. The lowest BCUT2D eigenvalue weighted by Crippen LogP contribution is -2.38. The second kappa shape index (κ2) is 6.58. The van der Waals surface area contributed by atoms with Crippen LogP contribution in [0.1, 0.15) is 34.1 Å². The number of amides is 1. The van der Waals surface area contributed by atoms with E-state index in [0.29, 0.717) is 0 Å². The van der Waals surface area contributed by atoms with Gasteiger partial charge in [-0.1, -0.05) is 11.6 Å². The molecule has 0 aliphatic rings. The fourth-order valence-electron chi connectivity index (χ4n) is 0.930. The number of carbonyl (C=O) groups is 2. The molecule has 0 saturated heterocycles. The molecule has 16 heavy (non-hydrogen) atoms. The minimum atomic E-state index is -0.557. The van der Waals surface area contributed by atoms with Crippen LogP contribution in [-0.2, 0) is 14.3 Å². The molecular formula is C10H18ClNO4. The third kappa shape index (κ3) is 8.35. The number of hydrogen-bond acceptors (Lipinski definition) is 4. The van der Waals surface area contributed by atoms with Crippen molar-refractivity contribution in [3.63, 3.8) is 0 Å². The van der Waals surface area contributed by atoms with Gasteiger partial charge >= 0.3 is 12.1 Å². The second-order valence-electron chi connectivity index (χ2n) is 4.38. The number of esters is 1. The Bertz CT molecular complexity index is 250. The molecule has 0 radical (unpaired) electrons. The summed E-state index contributed by atoms with van der Waals surface area (Å²) >= 11 is 5.22. The maximum absolute atomic E-state index is 11.3. The van der Waals surface area contributed by atoms with Gasteiger partial charge in [0.2, 0.25) is 0 Å². The summed E-state index contributed by atoms with van der Waals surface area (Å²) in [5.74, 6) is -0.460. The van der Waals surface area contributed by atoms with E-state index >= 15 is 0 Å². The fraction of sp³-hybridized carbons (Fsp3) is 0.800. The molecule has 0 aromatic heterocycles. The topological polar surface area (TPSA) is 64.6 Å². The molecule has 6 heteroatoms. The van der Waals surface area contributed by atoms with Crippen molar-refractivity contribution >= 4 is 23.7 Å². The summed E-state index contributed by atoms with van der Waals surface area (Å²) in [7, 11) is 0. The van der Waals surface area contributed by atoms with Gasteiger partial charge < -0.3 is 14.8 Å². The van der Waals surface area contributed by atoms with Crippen LogP contribution in [0.25, 0.3) is 0 Å². The van der Waals surface area contributed by atoms with Gasteiger partial charge in [-0.05, 0) is 27.7 Å². The lowest BCUT2D eigenvalue weighted by atomic mass is 10.2. The van der Waals surface area contributed by atoms with Gasteiger partial charge in [0.05, 0.1) is 6.42 Å². The van der Waals surface area contributed by atoms with Gasteiger partial charge in [-0.3, -0.25) is 4.79 Å². The predicted molar refractivity (Wildman–Crippen MR) is 60.3 cm³/mol. The van der Waals surface area contributed by atoms with E-state index in [4.69, 9.17) is 16.3 Å². The monoisotopic (exact) mass is 251 g/mol. The molecule has 0 saturated carbocycles. The van der Waals surface area contributed by atoms with Gasteiger partial charge in [0.25, 0.3) is 0 Å². The minimum absolute atomic E-state index is 0.0615. The van der Waals surface area contributed by atoms with Crippen LogP contribution in [0, 0.1) is 0 Å². The first kappa shape index (κ1) is 15.0. The van der Waals surface area contributed by atoms with Crippen molar-refractivity contribution in [2.45, 2.75) is 45.8 Å². The van der Waals surface area contributed by atoms with E-state index in [0.717, 1.165) is 0 Å².